The Balaban J connectivity index is 2.17. The average molecular weight is 243 g/mol. The maximum atomic E-state index is 4.35. The SMILES string of the molecule is Cc1ccc(C(C)Sc2ccccn2)c(C)c1. The second-order valence-corrected chi connectivity index (χ2v) is 5.65. The fraction of sp³-hybridized carbons (Fsp3) is 0.267. The van der Waals surface area contributed by atoms with Gasteiger partial charge in [-0.05, 0) is 44.0 Å². The molecular weight excluding hydrogens is 226 g/mol. The third-order valence-corrected chi connectivity index (χ3v) is 3.89. The van der Waals surface area contributed by atoms with E-state index in [0.29, 0.717) is 5.25 Å². The van der Waals surface area contributed by atoms with E-state index in [9.17, 15) is 0 Å². The second-order valence-electron chi connectivity index (χ2n) is 4.29. The minimum Gasteiger partial charge on any atom is -0.250 e. The molecule has 1 unspecified atom stereocenters. The van der Waals surface area contributed by atoms with E-state index < -0.39 is 0 Å². The zero-order chi connectivity index (χ0) is 12.3. The van der Waals surface area contributed by atoms with E-state index in [2.05, 4.69) is 50.0 Å². The molecule has 2 heteroatoms. The van der Waals surface area contributed by atoms with Crippen molar-refractivity contribution < 1.29 is 0 Å². The van der Waals surface area contributed by atoms with Gasteiger partial charge in [0, 0.05) is 11.4 Å². The highest BCUT2D eigenvalue weighted by molar-refractivity contribution is 7.99. The minimum absolute atomic E-state index is 0.436. The van der Waals surface area contributed by atoms with Crippen LogP contribution in [-0.4, -0.2) is 4.98 Å². The number of hydrogen-bond acceptors (Lipinski definition) is 2. The second kappa shape index (κ2) is 5.37. The van der Waals surface area contributed by atoms with Crippen LogP contribution in [0.15, 0.2) is 47.6 Å². The Bertz CT molecular complexity index is 494. The van der Waals surface area contributed by atoms with E-state index in [0.717, 1.165) is 5.03 Å². The van der Waals surface area contributed by atoms with E-state index >= 15 is 0 Å². The van der Waals surface area contributed by atoms with Gasteiger partial charge in [0.25, 0.3) is 0 Å². The molecule has 88 valence electrons. The largest absolute Gasteiger partial charge is 0.250 e. The zero-order valence-corrected chi connectivity index (χ0v) is 11.3. The Morgan fingerprint density at radius 2 is 1.94 bits per heavy atom. The molecule has 0 aliphatic heterocycles. The van der Waals surface area contributed by atoms with Crippen LogP contribution in [0, 0.1) is 13.8 Å². The quantitative estimate of drug-likeness (QED) is 0.733. The molecule has 1 atom stereocenters. The molecule has 0 aliphatic carbocycles. The lowest BCUT2D eigenvalue weighted by Gasteiger charge is -2.14. The van der Waals surface area contributed by atoms with Crippen molar-refractivity contribution >= 4 is 11.8 Å². The molecule has 1 nitrogen and oxygen atoms in total. The van der Waals surface area contributed by atoms with Gasteiger partial charge in [0.15, 0.2) is 0 Å². The van der Waals surface area contributed by atoms with E-state index in [1.807, 2.05) is 18.3 Å². The van der Waals surface area contributed by atoms with Gasteiger partial charge >= 0.3 is 0 Å². The lowest BCUT2D eigenvalue weighted by molar-refractivity contribution is 1.04. The average Bonchev–Trinajstić information content (AvgIpc) is 2.30. The maximum Gasteiger partial charge on any atom is 0.0965 e. The summed E-state index contributed by atoms with van der Waals surface area (Å²) in [4.78, 5) is 4.35. The number of hydrogen-bond donors (Lipinski definition) is 0. The smallest absolute Gasteiger partial charge is 0.0965 e. The van der Waals surface area contributed by atoms with Gasteiger partial charge in [-0.15, -0.1) is 0 Å². The van der Waals surface area contributed by atoms with E-state index in [1.165, 1.54) is 16.7 Å². The van der Waals surface area contributed by atoms with Crippen LogP contribution < -0.4 is 0 Å². The van der Waals surface area contributed by atoms with Crippen molar-refractivity contribution in [3.05, 3.63) is 59.3 Å². The van der Waals surface area contributed by atoms with Gasteiger partial charge in [-0.25, -0.2) is 4.98 Å². The van der Waals surface area contributed by atoms with Gasteiger partial charge in [0.05, 0.1) is 5.03 Å². The summed E-state index contributed by atoms with van der Waals surface area (Å²) in [6.45, 7) is 6.54. The van der Waals surface area contributed by atoms with Crippen LogP contribution in [0.5, 0.6) is 0 Å². The summed E-state index contributed by atoms with van der Waals surface area (Å²) in [6.07, 6.45) is 1.84. The Morgan fingerprint density at radius 1 is 1.12 bits per heavy atom. The summed E-state index contributed by atoms with van der Waals surface area (Å²) >= 11 is 1.81. The number of aryl methyl sites for hydroxylation is 2. The first kappa shape index (κ1) is 12.2. The third kappa shape index (κ3) is 3.10. The Labute approximate surface area is 107 Å². The number of pyridine rings is 1. The van der Waals surface area contributed by atoms with Gasteiger partial charge in [0.2, 0.25) is 0 Å². The van der Waals surface area contributed by atoms with Crippen molar-refractivity contribution in [1.29, 1.82) is 0 Å². The van der Waals surface area contributed by atoms with Crippen LogP contribution >= 0.6 is 11.8 Å². The minimum atomic E-state index is 0.436. The third-order valence-electron chi connectivity index (χ3n) is 2.80. The summed E-state index contributed by atoms with van der Waals surface area (Å²) in [5.74, 6) is 0. The van der Waals surface area contributed by atoms with Crippen LogP contribution in [-0.2, 0) is 0 Å². The van der Waals surface area contributed by atoms with Crippen molar-refractivity contribution in [2.24, 2.45) is 0 Å². The Morgan fingerprint density at radius 3 is 2.59 bits per heavy atom. The molecule has 0 saturated heterocycles. The molecule has 1 aromatic heterocycles. The summed E-state index contributed by atoms with van der Waals surface area (Å²) in [6, 6.07) is 12.7. The first-order valence-corrected chi connectivity index (χ1v) is 6.69. The van der Waals surface area contributed by atoms with Crippen molar-refractivity contribution in [3.8, 4) is 0 Å². The summed E-state index contributed by atoms with van der Waals surface area (Å²) < 4.78 is 0. The Kier molecular flexibility index (Phi) is 3.85. The predicted molar refractivity (Wildman–Crippen MR) is 74.4 cm³/mol. The molecule has 0 saturated carbocycles. The number of benzene rings is 1. The number of nitrogens with zero attached hydrogens (tertiary/aromatic N) is 1. The fourth-order valence-electron chi connectivity index (χ4n) is 1.94. The van der Waals surface area contributed by atoms with Crippen LogP contribution in [0.1, 0.15) is 28.9 Å². The first-order chi connectivity index (χ1) is 8.16. The van der Waals surface area contributed by atoms with E-state index in [-0.39, 0.29) is 0 Å². The summed E-state index contributed by atoms with van der Waals surface area (Å²) in [5.41, 5.74) is 4.08. The molecule has 0 bridgehead atoms. The molecule has 2 aromatic rings. The van der Waals surface area contributed by atoms with Crippen LogP contribution in [0.4, 0.5) is 0 Å². The van der Waals surface area contributed by atoms with Crippen molar-refractivity contribution in [3.63, 3.8) is 0 Å². The highest BCUT2D eigenvalue weighted by Gasteiger charge is 2.10. The lowest BCUT2D eigenvalue weighted by Crippen LogP contribution is -1.93. The summed E-state index contributed by atoms with van der Waals surface area (Å²) in [7, 11) is 0. The molecular formula is C15H17NS. The fourth-order valence-corrected chi connectivity index (χ4v) is 2.98. The molecule has 0 N–H and O–H groups in total. The van der Waals surface area contributed by atoms with Crippen LogP contribution in [0.25, 0.3) is 0 Å². The molecule has 17 heavy (non-hydrogen) atoms. The van der Waals surface area contributed by atoms with Gasteiger partial charge in [-0.3, -0.25) is 0 Å². The highest BCUT2D eigenvalue weighted by atomic mass is 32.2. The normalized spacial score (nSPS) is 12.4. The molecule has 0 radical (unpaired) electrons. The lowest BCUT2D eigenvalue weighted by atomic mass is 10.0. The van der Waals surface area contributed by atoms with E-state index in [4.69, 9.17) is 0 Å². The molecule has 1 aromatic carbocycles. The molecule has 0 spiro atoms. The van der Waals surface area contributed by atoms with Crippen LogP contribution in [0.3, 0.4) is 0 Å². The van der Waals surface area contributed by atoms with Crippen molar-refractivity contribution in [2.45, 2.75) is 31.0 Å². The van der Waals surface area contributed by atoms with Gasteiger partial charge in [-0.1, -0.05) is 41.6 Å². The van der Waals surface area contributed by atoms with Crippen LogP contribution in [0.2, 0.25) is 0 Å². The molecule has 0 aliphatic rings. The monoisotopic (exact) mass is 243 g/mol. The molecule has 2 rings (SSSR count). The highest BCUT2D eigenvalue weighted by Crippen LogP contribution is 2.35. The molecule has 0 amide bonds. The van der Waals surface area contributed by atoms with Gasteiger partial charge in [0.1, 0.15) is 0 Å². The topological polar surface area (TPSA) is 12.9 Å². The van der Waals surface area contributed by atoms with Crippen molar-refractivity contribution in [2.75, 3.05) is 0 Å². The van der Waals surface area contributed by atoms with E-state index in [1.54, 1.807) is 11.8 Å². The standard InChI is InChI=1S/C15H17NS/c1-11-7-8-14(12(2)10-11)13(3)17-15-6-4-5-9-16-15/h4-10,13H,1-3H3. The summed E-state index contributed by atoms with van der Waals surface area (Å²) in [5, 5.41) is 1.52. The first-order valence-electron chi connectivity index (χ1n) is 5.81. The zero-order valence-electron chi connectivity index (χ0n) is 10.5. The molecule has 0 fully saturated rings. The predicted octanol–water partition coefficient (Wildman–Crippen LogP) is 4.55. The van der Waals surface area contributed by atoms with Gasteiger partial charge < -0.3 is 0 Å². The maximum absolute atomic E-state index is 4.35. The Hall–Kier alpha value is -1.28. The van der Waals surface area contributed by atoms with Crippen molar-refractivity contribution in [1.82, 2.24) is 4.98 Å². The van der Waals surface area contributed by atoms with Gasteiger partial charge in [-0.2, -0.15) is 0 Å². The number of thioether (sulfide) groups is 1. The number of aromatic nitrogens is 1. The molecule has 1 heterocycles. The number of rotatable bonds is 3.